The zero-order valence-electron chi connectivity index (χ0n) is 8.89. The van der Waals surface area contributed by atoms with Crippen LogP contribution in [0.15, 0.2) is 29.4 Å². The van der Waals surface area contributed by atoms with Gasteiger partial charge in [0.2, 0.25) is 0 Å². The molecule has 0 saturated heterocycles. The molecule has 17 heavy (non-hydrogen) atoms. The van der Waals surface area contributed by atoms with Crippen molar-refractivity contribution < 1.29 is 19.2 Å². The summed E-state index contributed by atoms with van der Waals surface area (Å²) < 4.78 is 0. The van der Waals surface area contributed by atoms with Crippen molar-refractivity contribution in [2.75, 3.05) is 5.32 Å². The minimum absolute atomic E-state index is 0.167. The third-order valence-electron chi connectivity index (χ3n) is 2.12. The SMILES string of the molecule is CC(=O)ON=C1C(=O)C(=O)Nc2ccccc21. The fourth-order valence-electron chi connectivity index (χ4n) is 1.41. The number of hydrogen-bond donors (Lipinski definition) is 1. The van der Waals surface area contributed by atoms with E-state index in [1.165, 1.54) is 0 Å². The summed E-state index contributed by atoms with van der Waals surface area (Å²) in [7, 11) is 0. The molecule has 1 N–H and O–H groups in total. The monoisotopic (exact) mass is 232 g/mol. The number of carbonyl (C=O) groups excluding carboxylic acids is 3. The number of oxime groups is 1. The minimum Gasteiger partial charge on any atom is -0.318 e. The molecular weight excluding hydrogens is 224 g/mol. The first-order chi connectivity index (χ1) is 8.09. The summed E-state index contributed by atoms with van der Waals surface area (Å²) in [5, 5.41) is 5.83. The lowest BCUT2D eigenvalue weighted by atomic mass is 10.00. The molecule has 6 heteroatoms. The molecule has 1 aromatic carbocycles. The van der Waals surface area contributed by atoms with Crippen molar-refractivity contribution >= 4 is 29.1 Å². The Morgan fingerprint density at radius 2 is 2.00 bits per heavy atom. The number of fused-ring (bicyclic) bond motifs is 1. The Hall–Kier alpha value is -2.50. The zero-order valence-corrected chi connectivity index (χ0v) is 8.89. The predicted octanol–water partition coefficient (Wildman–Crippen LogP) is 0.475. The first-order valence-electron chi connectivity index (χ1n) is 4.80. The van der Waals surface area contributed by atoms with Gasteiger partial charge in [-0.3, -0.25) is 9.59 Å². The van der Waals surface area contributed by atoms with E-state index in [2.05, 4.69) is 15.3 Å². The molecule has 0 bridgehead atoms. The summed E-state index contributed by atoms with van der Waals surface area (Å²) in [5.74, 6) is -2.28. The van der Waals surface area contributed by atoms with Crippen LogP contribution in [0.3, 0.4) is 0 Å². The normalized spacial score (nSPS) is 16.4. The van der Waals surface area contributed by atoms with Crippen molar-refractivity contribution in [2.45, 2.75) is 6.92 Å². The molecule has 0 unspecified atom stereocenters. The van der Waals surface area contributed by atoms with Gasteiger partial charge in [-0.25, -0.2) is 4.79 Å². The molecule has 0 aliphatic carbocycles. The maximum atomic E-state index is 11.6. The summed E-state index contributed by atoms with van der Waals surface area (Å²) in [6.07, 6.45) is 0. The Balaban J connectivity index is 2.49. The number of benzene rings is 1. The summed E-state index contributed by atoms with van der Waals surface area (Å²) in [4.78, 5) is 37.9. The van der Waals surface area contributed by atoms with Gasteiger partial charge in [0.15, 0.2) is 5.71 Å². The summed E-state index contributed by atoms with van der Waals surface area (Å²) in [5.41, 5.74) is 0.723. The topological polar surface area (TPSA) is 84.8 Å². The smallest absolute Gasteiger partial charge is 0.318 e. The highest BCUT2D eigenvalue weighted by Gasteiger charge is 2.30. The van der Waals surface area contributed by atoms with E-state index in [0.717, 1.165) is 6.92 Å². The number of para-hydroxylation sites is 1. The molecule has 1 aliphatic rings. The van der Waals surface area contributed by atoms with Crippen LogP contribution in [0.25, 0.3) is 0 Å². The Labute approximate surface area is 96.2 Å². The second-order valence-corrected chi connectivity index (χ2v) is 3.35. The number of nitrogens with zero attached hydrogens (tertiary/aromatic N) is 1. The number of amides is 1. The molecule has 0 saturated carbocycles. The van der Waals surface area contributed by atoms with Gasteiger partial charge in [-0.15, -0.1) is 0 Å². The zero-order chi connectivity index (χ0) is 12.4. The summed E-state index contributed by atoms with van der Waals surface area (Å²) in [6.45, 7) is 1.16. The van der Waals surface area contributed by atoms with Gasteiger partial charge in [-0.2, -0.15) is 0 Å². The molecule has 0 fully saturated rings. The molecule has 0 atom stereocenters. The first kappa shape index (κ1) is 11.0. The highest BCUT2D eigenvalue weighted by molar-refractivity contribution is 6.72. The molecule has 0 aromatic heterocycles. The van der Waals surface area contributed by atoms with Crippen LogP contribution in [0.2, 0.25) is 0 Å². The minimum atomic E-state index is -0.829. The van der Waals surface area contributed by atoms with Crippen LogP contribution in [0.5, 0.6) is 0 Å². The third kappa shape index (κ3) is 2.05. The van der Waals surface area contributed by atoms with E-state index in [1.807, 2.05) is 0 Å². The number of anilines is 1. The number of Topliss-reactive ketones (excluding diaryl/α,β-unsaturated/α-hetero) is 1. The number of hydrogen-bond acceptors (Lipinski definition) is 5. The summed E-state index contributed by atoms with van der Waals surface area (Å²) in [6, 6.07) is 6.63. The Morgan fingerprint density at radius 1 is 1.29 bits per heavy atom. The van der Waals surface area contributed by atoms with E-state index in [4.69, 9.17) is 0 Å². The molecule has 1 amide bonds. The molecule has 1 heterocycles. The van der Waals surface area contributed by atoms with Crippen molar-refractivity contribution in [1.29, 1.82) is 0 Å². The van der Waals surface area contributed by atoms with Crippen molar-refractivity contribution in [3.05, 3.63) is 29.8 Å². The third-order valence-corrected chi connectivity index (χ3v) is 2.12. The lowest BCUT2D eigenvalue weighted by Crippen LogP contribution is -2.36. The van der Waals surface area contributed by atoms with Crippen LogP contribution in [-0.4, -0.2) is 23.4 Å². The number of nitrogens with one attached hydrogen (secondary N) is 1. The lowest BCUT2D eigenvalue weighted by Gasteiger charge is -2.16. The molecule has 6 nitrogen and oxygen atoms in total. The lowest BCUT2D eigenvalue weighted by molar-refractivity contribution is -0.141. The van der Waals surface area contributed by atoms with Gasteiger partial charge in [0.25, 0.3) is 11.7 Å². The van der Waals surface area contributed by atoms with Gasteiger partial charge < -0.3 is 10.2 Å². The fraction of sp³-hybridized carbons (Fsp3) is 0.0909. The molecule has 0 radical (unpaired) electrons. The van der Waals surface area contributed by atoms with Gasteiger partial charge in [0, 0.05) is 12.5 Å². The molecule has 1 aromatic rings. The molecule has 86 valence electrons. The van der Waals surface area contributed by atoms with Crippen molar-refractivity contribution in [3.8, 4) is 0 Å². The molecule has 1 aliphatic heterocycles. The Morgan fingerprint density at radius 3 is 2.71 bits per heavy atom. The van der Waals surface area contributed by atoms with Crippen LogP contribution in [0.4, 0.5) is 5.69 Å². The second-order valence-electron chi connectivity index (χ2n) is 3.35. The second kappa shape index (κ2) is 4.17. The van der Waals surface area contributed by atoms with E-state index in [9.17, 15) is 14.4 Å². The van der Waals surface area contributed by atoms with E-state index in [1.54, 1.807) is 24.3 Å². The van der Waals surface area contributed by atoms with E-state index in [0.29, 0.717) is 11.3 Å². The van der Waals surface area contributed by atoms with E-state index in [-0.39, 0.29) is 5.71 Å². The largest absolute Gasteiger partial charge is 0.332 e. The number of ketones is 1. The standard InChI is InChI=1S/C11H8N2O4/c1-6(14)17-13-9-7-4-2-3-5-8(7)12-11(16)10(9)15/h2-5H,1H3,(H,12,16). The maximum Gasteiger partial charge on any atom is 0.332 e. The first-order valence-corrected chi connectivity index (χ1v) is 4.80. The maximum absolute atomic E-state index is 11.6. The van der Waals surface area contributed by atoms with Crippen LogP contribution < -0.4 is 5.32 Å². The van der Waals surface area contributed by atoms with Gasteiger partial charge in [0.05, 0.1) is 5.69 Å². The van der Waals surface area contributed by atoms with E-state index >= 15 is 0 Å². The van der Waals surface area contributed by atoms with Crippen LogP contribution in [0, 0.1) is 0 Å². The number of carbonyl (C=O) groups is 3. The number of rotatable bonds is 1. The average Bonchev–Trinajstić information content (AvgIpc) is 2.29. The van der Waals surface area contributed by atoms with E-state index < -0.39 is 17.7 Å². The molecule has 0 spiro atoms. The van der Waals surface area contributed by atoms with Crippen molar-refractivity contribution in [2.24, 2.45) is 5.16 Å². The van der Waals surface area contributed by atoms with Gasteiger partial charge in [-0.1, -0.05) is 23.4 Å². The van der Waals surface area contributed by atoms with Crippen LogP contribution in [0.1, 0.15) is 12.5 Å². The summed E-state index contributed by atoms with van der Waals surface area (Å²) >= 11 is 0. The van der Waals surface area contributed by atoms with Crippen molar-refractivity contribution in [1.82, 2.24) is 0 Å². The molecular formula is C11H8N2O4. The Bertz CT molecular complexity index is 548. The van der Waals surface area contributed by atoms with Gasteiger partial charge >= 0.3 is 5.97 Å². The van der Waals surface area contributed by atoms with Crippen molar-refractivity contribution in [3.63, 3.8) is 0 Å². The Kier molecular flexibility index (Phi) is 2.70. The highest BCUT2D eigenvalue weighted by Crippen LogP contribution is 2.20. The average molecular weight is 232 g/mol. The highest BCUT2D eigenvalue weighted by atomic mass is 16.7. The molecule has 2 rings (SSSR count). The van der Waals surface area contributed by atoms with Gasteiger partial charge in [-0.05, 0) is 6.07 Å². The quantitative estimate of drug-likeness (QED) is 0.433. The predicted molar refractivity (Wildman–Crippen MR) is 58.4 cm³/mol. The fourth-order valence-corrected chi connectivity index (χ4v) is 1.41. The van der Waals surface area contributed by atoms with Crippen LogP contribution in [-0.2, 0) is 19.2 Å². The van der Waals surface area contributed by atoms with Gasteiger partial charge in [0.1, 0.15) is 0 Å². The van der Waals surface area contributed by atoms with Crippen LogP contribution >= 0.6 is 0 Å².